The van der Waals surface area contributed by atoms with Crippen LogP contribution in [0.5, 0.6) is 0 Å². The lowest BCUT2D eigenvalue weighted by molar-refractivity contribution is 0.431. The molecule has 2 heterocycles. The molecule has 5 nitrogen and oxygen atoms in total. The van der Waals surface area contributed by atoms with Crippen molar-refractivity contribution in [1.82, 2.24) is 20.0 Å². The monoisotopic (exact) mass is 401 g/mol. The fourth-order valence-electron chi connectivity index (χ4n) is 3.60. The molecule has 0 saturated heterocycles. The molecule has 2 aromatic carbocycles. The number of rotatable bonds is 4. The van der Waals surface area contributed by atoms with Crippen LogP contribution in [0.15, 0.2) is 60.9 Å². The number of nitrogens with zero attached hydrogens (tertiary/aromatic N) is 5. The molecule has 4 rings (SSSR count). The number of halogens is 1. The van der Waals surface area contributed by atoms with E-state index >= 15 is 0 Å². The van der Waals surface area contributed by atoms with Crippen molar-refractivity contribution in [3.63, 3.8) is 0 Å². The Kier molecular flexibility index (Phi) is 4.81. The Hall–Kier alpha value is -3.23. The maximum absolute atomic E-state index is 9.06. The molecule has 0 fully saturated rings. The maximum Gasteiger partial charge on any atom is 0.101 e. The second-order valence-corrected chi connectivity index (χ2v) is 8.09. The molecule has 2 aromatic heterocycles. The van der Waals surface area contributed by atoms with Crippen LogP contribution < -0.4 is 0 Å². The number of pyridine rings is 1. The number of nitriles is 1. The first kappa shape index (κ1) is 19.1. The summed E-state index contributed by atoms with van der Waals surface area (Å²) in [6.07, 6.45) is 3.79. The molecule has 0 spiro atoms. The van der Waals surface area contributed by atoms with Crippen LogP contribution in [-0.2, 0) is 5.41 Å². The topological polar surface area (TPSA) is 67.4 Å². The highest BCUT2D eigenvalue weighted by atomic mass is 35.5. The van der Waals surface area contributed by atoms with Crippen LogP contribution in [0, 0.1) is 11.3 Å². The zero-order chi connectivity index (χ0) is 20.6. The molecule has 0 bridgehead atoms. The second kappa shape index (κ2) is 7.31. The van der Waals surface area contributed by atoms with Crippen LogP contribution in [0.3, 0.4) is 0 Å². The van der Waals surface area contributed by atoms with Gasteiger partial charge in [0.15, 0.2) is 0 Å². The molecule has 0 N–H and O–H groups in total. The molecule has 1 unspecified atom stereocenters. The number of hydrogen-bond acceptors (Lipinski definition) is 4. The van der Waals surface area contributed by atoms with Crippen molar-refractivity contribution in [2.75, 3.05) is 0 Å². The van der Waals surface area contributed by atoms with Crippen LogP contribution in [0.1, 0.15) is 43.5 Å². The van der Waals surface area contributed by atoms with Gasteiger partial charge in [-0.1, -0.05) is 55.8 Å². The van der Waals surface area contributed by atoms with Crippen molar-refractivity contribution in [3.8, 4) is 11.8 Å². The van der Waals surface area contributed by atoms with Crippen molar-refractivity contribution >= 4 is 22.5 Å². The van der Waals surface area contributed by atoms with Gasteiger partial charge in [-0.2, -0.15) is 5.26 Å². The highest BCUT2D eigenvalue weighted by molar-refractivity contribution is 6.31. The van der Waals surface area contributed by atoms with E-state index in [-0.39, 0.29) is 11.3 Å². The molecule has 1 atom stereocenters. The summed E-state index contributed by atoms with van der Waals surface area (Å²) < 4.78 is 1.69. The third-order valence-electron chi connectivity index (χ3n) is 5.72. The molecule has 0 amide bonds. The minimum Gasteiger partial charge on any atom is -0.256 e. The summed E-state index contributed by atoms with van der Waals surface area (Å²) in [7, 11) is 0. The SMILES string of the molecule is CC(c1cn(-c2ccc(C#N)c(Cl)c2)nn1)C(C)(C)c1ccnc2ccccc12. The van der Waals surface area contributed by atoms with Gasteiger partial charge in [-0.15, -0.1) is 5.10 Å². The minimum absolute atomic E-state index is 0.107. The minimum atomic E-state index is -0.189. The van der Waals surface area contributed by atoms with E-state index in [1.807, 2.05) is 36.7 Å². The van der Waals surface area contributed by atoms with E-state index in [0.717, 1.165) is 22.3 Å². The molecule has 0 radical (unpaired) electrons. The summed E-state index contributed by atoms with van der Waals surface area (Å²) in [6, 6.07) is 17.6. The van der Waals surface area contributed by atoms with Crippen molar-refractivity contribution in [1.29, 1.82) is 5.26 Å². The molecular formula is C23H20ClN5. The van der Waals surface area contributed by atoms with Gasteiger partial charge in [0.1, 0.15) is 6.07 Å². The van der Waals surface area contributed by atoms with Gasteiger partial charge in [0.05, 0.1) is 33.7 Å². The largest absolute Gasteiger partial charge is 0.256 e. The van der Waals surface area contributed by atoms with Gasteiger partial charge in [0.25, 0.3) is 0 Å². The number of benzene rings is 2. The first-order valence-corrected chi connectivity index (χ1v) is 9.76. The Morgan fingerprint density at radius 1 is 1.14 bits per heavy atom. The Labute approximate surface area is 174 Å². The lowest BCUT2D eigenvalue weighted by Crippen LogP contribution is -2.25. The summed E-state index contributed by atoms with van der Waals surface area (Å²) in [5.74, 6) is 0.107. The maximum atomic E-state index is 9.06. The molecule has 0 saturated carbocycles. The van der Waals surface area contributed by atoms with E-state index in [1.54, 1.807) is 16.8 Å². The lowest BCUT2D eigenvalue weighted by Gasteiger charge is -2.32. The summed E-state index contributed by atoms with van der Waals surface area (Å²) in [5, 5.41) is 19.3. The lowest BCUT2D eigenvalue weighted by atomic mass is 9.72. The fraction of sp³-hybridized carbons (Fsp3) is 0.217. The second-order valence-electron chi connectivity index (χ2n) is 7.68. The Morgan fingerprint density at radius 2 is 1.93 bits per heavy atom. The van der Waals surface area contributed by atoms with Gasteiger partial charge in [0.2, 0.25) is 0 Å². The van der Waals surface area contributed by atoms with Crippen LogP contribution in [-0.4, -0.2) is 20.0 Å². The highest BCUT2D eigenvalue weighted by Gasteiger charge is 2.32. The average Bonchev–Trinajstić information content (AvgIpc) is 3.22. The predicted molar refractivity (Wildman–Crippen MR) is 114 cm³/mol. The third-order valence-corrected chi connectivity index (χ3v) is 6.03. The van der Waals surface area contributed by atoms with E-state index in [1.165, 1.54) is 5.56 Å². The molecule has 29 heavy (non-hydrogen) atoms. The molecule has 0 aliphatic heterocycles. The third kappa shape index (κ3) is 3.37. The molecule has 6 heteroatoms. The molecular weight excluding hydrogens is 382 g/mol. The van der Waals surface area contributed by atoms with Crippen LogP contribution in [0.2, 0.25) is 5.02 Å². The van der Waals surface area contributed by atoms with Crippen molar-refractivity contribution in [2.24, 2.45) is 0 Å². The summed E-state index contributed by atoms with van der Waals surface area (Å²) in [6.45, 7) is 6.60. The summed E-state index contributed by atoms with van der Waals surface area (Å²) in [4.78, 5) is 4.49. The smallest absolute Gasteiger partial charge is 0.101 e. The predicted octanol–water partition coefficient (Wildman–Crippen LogP) is 5.42. The Balaban J connectivity index is 1.70. The van der Waals surface area contributed by atoms with Crippen LogP contribution in [0.25, 0.3) is 16.6 Å². The molecule has 4 aromatic rings. The zero-order valence-corrected chi connectivity index (χ0v) is 17.2. The van der Waals surface area contributed by atoms with E-state index in [0.29, 0.717) is 10.6 Å². The standard InChI is InChI=1S/C23H20ClN5/c1-15(23(2,3)19-10-11-26-21-7-5-4-6-18(19)21)22-14-29(28-27-22)17-9-8-16(13-25)20(24)12-17/h4-12,14-15H,1-3H3. The summed E-state index contributed by atoms with van der Waals surface area (Å²) in [5.41, 5.74) is 4.12. The van der Waals surface area contributed by atoms with E-state index in [2.05, 4.69) is 54.3 Å². The van der Waals surface area contributed by atoms with E-state index in [9.17, 15) is 0 Å². The Bertz CT molecular complexity index is 1230. The van der Waals surface area contributed by atoms with Crippen molar-refractivity contribution < 1.29 is 0 Å². The average molecular weight is 402 g/mol. The fourth-order valence-corrected chi connectivity index (χ4v) is 3.82. The first-order chi connectivity index (χ1) is 13.9. The first-order valence-electron chi connectivity index (χ1n) is 9.38. The van der Waals surface area contributed by atoms with E-state index in [4.69, 9.17) is 16.9 Å². The van der Waals surface area contributed by atoms with Gasteiger partial charge in [-0.05, 0) is 41.3 Å². The summed E-state index contributed by atoms with van der Waals surface area (Å²) >= 11 is 6.17. The number of fused-ring (bicyclic) bond motifs is 1. The van der Waals surface area contributed by atoms with Gasteiger partial charge in [-0.3, -0.25) is 4.98 Å². The van der Waals surface area contributed by atoms with Crippen LogP contribution in [0.4, 0.5) is 0 Å². The highest BCUT2D eigenvalue weighted by Crippen LogP contribution is 2.40. The van der Waals surface area contributed by atoms with Crippen molar-refractivity contribution in [3.05, 3.63) is 82.8 Å². The number of aromatic nitrogens is 4. The molecule has 0 aliphatic carbocycles. The van der Waals surface area contributed by atoms with Gasteiger partial charge < -0.3 is 0 Å². The van der Waals surface area contributed by atoms with Gasteiger partial charge in [0, 0.05) is 17.5 Å². The van der Waals surface area contributed by atoms with E-state index < -0.39 is 0 Å². The number of hydrogen-bond donors (Lipinski definition) is 0. The Morgan fingerprint density at radius 3 is 2.69 bits per heavy atom. The quantitative estimate of drug-likeness (QED) is 0.457. The van der Waals surface area contributed by atoms with Gasteiger partial charge >= 0.3 is 0 Å². The number of para-hydroxylation sites is 1. The van der Waals surface area contributed by atoms with Crippen LogP contribution >= 0.6 is 11.6 Å². The molecule has 0 aliphatic rings. The molecule has 144 valence electrons. The zero-order valence-electron chi connectivity index (χ0n) is 16.5. The van der Waals surface area contributed by atoms with Gasteiger partial charge in [-0.25, -0.2) is 4.68 Å². The normalized spacial score (nSPS) is 12.7. The van der Waals surface area contributed by atoms with Crippen molar-refractivity contribution in [2.45, 2.75) is 32.1 Å².